The molecule has 0 heterocycles. The third kappa shape index (κ3) is 7.65. The molecule has 0 saturated heterocycles. The molecule has 4 heteroatoms. The zero-order chi connectivity index (χ0) is 7.11. The Bertz CT molecular complexity index is 84.3. The van der Waals surface area contributed by atoms with Gasteiger partial charge in [-0.15, -0.1) is 0 Å². The van der Waals surface area contributed by atoms with Gasteiger partial charge in [0.15, 0.2) is 9.76 Å². The molecule has 0 aliphatic heterocycles. The van der Waals surface area contributed by atoms with Crippen LogP contribution in [0.2, 0.25) is 6.55 Å². The van der Waals surface area contributed by atoms with Crippen LogP contribution in [0.15, 0.2) is 0 Å². The van der Waals surface area contributed by atoms with Crippen LogP contribution in [-0.2, 0) is 14.0 Å². The molecule has 3 nitrogen and oxygen atoms in total. The van der Waals surface area contributed by atoms with Gasteiger partial charge in [0, 0.05) is 6.92 Å². The molecule has 0 aromatic carbocycles. The molecule has 0 fully saturated rings. The largest absolute Gasteiger partial charge is 0.463 e. The fourth-order valence-electron chi connectivity index (χ4n) is 0.389. The van der Waals surface area contributed by atoms with Crippen molar-refractivity contribution in [1.29, 1.82) is 0 Å². The quantitative estimate of drug-likeness (QED) is 0.312. The van der Waals surface area contributed by atoms with Crippen molar-refractivity contribution in [2.75, 3.05) is 13.2 Å². The van der Waals surface area contributed by atoms with Crippen LogP contribution >= 0.6 is 0 Å². The van der Waals surface area contributed by atoms with Crippen LogP contribution in [0.25, 0.3) is 0 Å². The minimum Gasteiger partial charge on any atom is -0.463 e. The van der Waals surface area contributed by atoms with Gasteiger partial charge in [0.05, 0.1) is 6.61 Å². The van der Waals surface area contributed by atoms with Crippen molar-refractivity contribution in [3.63, 3.8) is 0 Å². The highest BCUT2D eigenvalue weighted by molar-refractivity contribution is 6.24. The van der Waals surface area contributed by atoms with Crippen molar-refractivity contribution in [1.82, 2.24) is 0 Å². The number of hydrogen-bond acceptors (Lipinski definition) is 3. The van der Waals surface area contributed by atoms with E-state index in [9.17, 15) is 4.79 Å². The van der Waals surface area contributed by atoms with Gasteiger partial charge >= 0.3 is 5.97 Å². The molecule has 54 valence electrons. The summed E-state index contributed by atoms with van der Waals surface area (Å²) in [5, 5.41) is 0. The van der Waals surface area contributed by atoms with E-state index in [1.807, 2.05) is 6.55 Å². The highest BCUT2D eigenvalue weighted by Gasteiger charge is 1.89. The van der Waals surface area contributed by atoms with Crippen LogP contribution in [0.4, 0.5) is 0 Å². The maximum Gasteiger partial charge on any atom is 0.302 e. The standard InChI is InChI=1S/C5H12O3Si/c1-5(6)7-3-4-8-9-2/h3-4,9H2,1-2H3. The number of ether oxygens (including phenoxy) is 1. The average Bonchev–Trinajstić information content (AvgIpc) is 1.80. The molecular weight excluding hydrogens is 136 g/mol. The third-order valence-electron chi connectivity index (χ3n) is 0.737. The molecule has 0 rings (SSSR count). The van der Waals surface area contributed by atoms with Crippen LogP contribution in [-0.4, -0.2) is 28.9 Å². The Morgan fingerprint density at radius 2 is 2.22 bits per heavy atom. The van der Waals surface area contributed by atoms with Crippen LogP contribution in [0, 0.1) is 0 Å². The molecule has 0 unspecified atom stereocenters. The highest BCUT2D eigenvalue weighted by Crippen LogP contribution is 1.76. The Balaban J connectivity index is 2.83. The van der Waals surface area contributed by atoms with Gasteiger partial charge in [0.1, 0.15) is 6.61 Å². The molecule has 0 aromatic rings. The molecule has 0 saturated carbocycles. The maximum atomic E-state index is 10.1. The van der Waals surface area contributed by atoms with Crippen LogP contribution < -0.4 is 0 Å². The molecule has 0 aromatic heterocycles. The van der Waals surface area contributed by atoms with Gasteiger partial charge in [-0.25, -0.2) is 0 Å². The van der Waals surface area contributed by atoms with Crippen molar-refractivity contribution in [3.05, 3.63) is 0 Å². The Hall–Kier alpha value is -0.353. The second-order valence-corrected chi connectivity index (χ2v) is 2.52. The minimum absolute atomic E-state index is 0.239. The summed E-state index contributed by atoms with van der Waals surface area (Å²) < 4.78 is 9.65. The van der Waals surface area contributed by atoms with Gasteiger partial charge in [-0.05, 0) is 0 Å². The van der Waals surface area contributed by atoms with Crippen molar-refractivity contribution in [2.24, 2.45) is 0 Å². The van der Waals surface area contributed by atoms with Crippen LogP contribution in [0.1, 0.15) is 6.92 Å². The Morgan fingerprint density at radius 1 is 1.56 bits per heavy atom. The van der Waals surface area contributed by atoms with Gasteiger partial charge in [-0.3, -0.25) is 4.79 Å². The lowest BCUT2D eigenvalue weighted by molar-refractivity contribution is -0.141. The fourth-order valence-corrected chi connectivity index (χ4v) is 0.795. The van der Waals surface area contributed by atoms with E-state index in [1.54, 1.807) is 0 Å². The lowest BCUT2D eigenvalue weighted by Gasteiger charge is -2.00. The molecule has 0 spiro atoms. The van der Waals surface area contributed by atoms with Gasteiger partial charge in [0.25, 0.3) is 0 Å². The normalized spacial score (nSPS) is 10.4. The Labute approximate surface area is 57.3 Å². The van der Waals surface area contributed by atoms with E-state index >= 15 is 0 Å². The van der Waals surface area contributed by atoms with E-state index in [4.69, 9.17) is 4.43 Å². The zero-order valence-electron chi connectivity index (χ0n) is 5.85. The van der Waals surface area contributed by atoms with E-state index in [1.165, 1.54) is 6.92 Å². The van der Waals surface area contributed by atoms with Crippen molar-refractivity contribution in [3.8, 4) is 0 Å². The van der Waals surface area contributed by atoms with E-state index in [0.29, 0.717) is 13.2 Å². The van der Waals surface area contributed by atoms with Gasteiger partial charge < -0.3 is 9.16 Å². The lowest BCUT2D eigenvalue weighted by atomic mass is 10.7. The topological polar surface area (TPSA) is 35.5 Å². The summed E-state index contributed by atoms with van der Waals surface area (Å²) in [6.45, 7) is 4.38. The second-order valence-electron chi connectivity index (χ2n) is 1.54. The summed E-state index contributed by atoms with van der Waals surface area (Å²) in [5.74, 6) is -0.239. The molecule has 0 atom stereocenters. The molecule has 0 amide bonds. The summed E-state index contributed by atoms with van der Waals surface area (Å²) in [4.78, 5) is 10.1. The molecule has 0 N–H and O–H groups in total. The first kappa shape index (κ1) is 8.65. The molecule has 0 bridgehead atoms. The third-order valence-corrected chi connectivity index (χ3v) is 1.43. The first-order valence-electron chi connectivity index (χ1n) is 2.98. The molecule has 0 aliphatic carbocycles. The summed E-state index contributed by atoms with van der Waals surface area (Å²) in [6, 6.07) is 0. The fraction of sp³-hybridized carbons (Fsp3) is 0.800. The number of hydrogen-bond donors (Lipinski definition) is 0. The first-order chi connectivity index (χ1) is 4.27. The summed E-state index contributed by atoms with van der Waals surface area (Å²) >= 11 is 0. The van der Waals surface area contributed by atoms with Crippen molar-refractivity contribution < 1.29 is 14.0 Å². The van der Waals surface area contributed by atoms with E-state index in [-0.39, 0.29) is 15.7 Å². The monoisotopic (exact) mass is 148 g/mol. The smallest absolute Gasteiger partial charge is 0.302 e. The van der Waals surface area contributed by atoms with Gasteiger partial charge in [0.2, 0.25) is 0 Å². The number of carbonyl (C=O) groups excluding carboxylic acids is 1. The van der Waals surface area contributed by atoms with E-state index < -0.39 is 0 Å². The summed E-state index contributed by atoms with van der Waals surface area (Å²) in [6.07, 6.45) is 0. The van der Waals surface area contributed by atoms with Gasteiger partial charge in [-0.2, -0.15) is 0 Å². The van der Waals surface area contributed by atoms with Crippen molar-refractivity contribution in [2.45, 2.75) is 13.5 Å². The Morgan fingerprint density at radius 3 is 2.67 bits per heavy atom. The summed E-state index contributed by atoms with van der Waals surface area (Å²) in [5.41, 5.74) is 0. The number of rotatable bonds is 4. The molecule has 0 radical (unpaired) electrons. The van der Waals surface area contributed by atoms with Crippen LogP contribution in [0.3, 0.4) is 0 Å². The number of esters is 1. The number of carbonyl (C=O) groups is 1. The first-order valence-corrected chi connectivity index (χ1v) is 4.97. The molecular formula is C5H12O3Si. The van der Waals surface area contributed by atoms with Crippen LogP contribution in [0.5, 0.6) is 0 Å². The predicted octanol–water partition coefficient (Wildman–Crippen LogP) is -0.302. The van der Waals surface area contributed by atoms with Crippen molar-refractivity contribution >= 4 is 15.7 Å². The second kappa shape index (κ2) is 5.78. The molecule has 9 heavy (non-hydrogen) atoms. The molecule has 0 aliphatic rings. The SMILES string of the molecule is C[SiH2]OCCOC(C)=O. The highest BCUT2D eigenvalue weighted by atomic mass is 28.2. The predicted molar refractivity (Wildman–Crippen MR) is 37.0 cm³/mol. The van der Waals surface area contributed by atoms with E-state index in [2.05, 4.69) is 4.74 Å². The average molecular weight is 148 g/mol. The van der Waals surface area contributed by atoms with Gasteiger partial charge in [-0.1, -0.05) is 6.55 Å². The zero-order valence-corrected chi connectivity index (χ0v) is 7.26. The van der Waals surface area contributed by atoms with E-state index in [0.717, 1.165) is 0 Å². The lowest BCUT2D eigenvalue weighted by Crippen LogP contribution is -2.08. The summed E-state index contributed by atoms with van der Waals surface area (Å²) in [7, 11) is -0.322. The Kier molecular flexibility index (Phi) is 5.55. The minimum atomic E-state index is -0.322. The maximum absolute atomic E-state index is 10.1.